The molecule has 110 valence electrons. The van der Waals surface area contributed by atoms with Crippen LogP contribution in [0.3, 0.4) is 0 Å². The molecule has 2 aromatic rings. The summed E-state index contributed by atoms with van der Waals surface area (Å²) >= 11 is 1.54. The van der Waals surface area contributed by atoms with Gasteiger partial charge in [0.25, 0.3) is 5.91 Å². The molecule has 2 heterocycles. The van der Waals surface area contributed by atoms with E-state index < -0.39 is 23.1 Å². The highest BCUT2D eigenvalue weighted by atomic mass is 32.1. The summed E-state index contributed by atoms with van der Waals surface area (Å²) in [5.41, 5.74) is 4.67. The largest absolute Gasteiger partial charge is 0.396 e. The van der Waals surface area contributed by atoms with Gasteiger partial charge >= 0.3 is 0 Å². The Bertz CT molecular complexity index is 673. The van der Waals surface area contributed by atoms with Gasteiger partial charge in [-0.15, -0.1) is 11.3 Å². The molecular weight excluding hydrogens is 294 g/mol. The van der Waals surface area contributed by atoms with E-state index in [9.17, 15) is 13.6 Å². The normalized spacial score (nSPS) is 18.2. The molecule has 6 heteroatoms. The lowest BCUT2D eigenvalue weighted by Crippen LogP contribution is -2.31. The fourth-order valence-electron chi connectivity index (χ4n) is 2.69. The number of nitrogens with two attached hydrogens (primary N) is 1. The number of benzene rings is 1. The molecule has 2 N–H and O–H groups in total. The van der Waals surface area contributed by atoms with Gasteiger partial charge in [0.15, 0.2) is 5.82 Å². The van der Waals surface area contributed by atoms with Crippen molar-refractivity contribution in [2.24, 2.45) is 0 Å². The minimum Gasteiger partial charge on any atom is -0.396 e. The molecule has 1 amide bonds. The highest BCUT2D eigenvalue weighted by Crippen LogP contribution is 2.36. The summed E-state index contributed by atoms with van der Waals surface area (Å²) in [7, 11) is 0. The van der Waals surface area contributed by atoms with Crippen LogP contribution in [0.5, 0.6) is 0 Å². The molecule has 0 aliphatic carbocycles. The van der Waals surface area contributed by atoms with Crippen LogP contribution in [0.25, 0.3) is 0 Å². The van der Waals surface area contributed by atoms with Gasteiger partial charge in [-0.05, 0) is 36.4 Å². The third kappa shape index (κ3) is 2.40. The first kappa shape index (κ1) is 14.0. The molecule has 3 nitrogen and oxygen atoms in total. The number of likely N-dealkylation sites (tertiary alicyclic amines) is 1. The molecule has 1 aliphatic rings. The third-order valence-electron chi connectivity index (χ3n) is 3.72. The van der Waals surface area contributed by atoms with Crippen LogP contribution < -0.4 is 5.73 Å². The van der Waals surface area contributed by atoms with E-state index in [1.54, 1.807) is 11.3 Å². The van der Waals surface area contributed by atoms with Gasteiger partial charge in [-0.25, -0.2) is 8.78 Å². The predicted molar refractivity (Wildman–Crippen MR) is 78.1 cm³/mol. The molecule has 0 saturated carbocycles. The lowest BCUT2D eigenvalue weighted by molar-refractivity contribution is 0.0728. The molecule has 21 heavy (non-hydrogen) atoms. The van der Waals surface area contributed by atoms with E-state index in [2.05, 4.69) is 0 Å². The van der Waals surface area contributed by atoms with Crippen LogP contribution in [0.15, 0.2) is 29.6 Å². The topological polar surface area (TPSA) is 46.3 Å². The number of amides is 1. The van der Waals surface area contributed by atoms with Crippen LogP contribution in [-0.2, 0) is 0 Å². The van der Waals surface area contributed by atoms with Gasteiger partial charge in [0.05, 0.1) is 11.7 Å². The Kier molecular flexibility index (Phi) is 3.63. The highest BCUT2D eigenvalue weighted by molar-refractivity contribution is 7.10. The molecular formula is C15H14F2N2OS. The molecule has 1 aromatic carbocycles. The van der Waals surface area contributed by atoms with Gasteiger partial charge in [0.2, 0.25) is 0 Å². The van der Waals surface area contributed by atoms with Gasteiger partial charge < -0.3 is 10.6 Å². The Balaban J connectivity index is 1.97. The van der Waals surface area contributed by atoms with Gasteiger partial charge in [-0.2, -0.15) is 0 Å². The van der Waals surface area contributed by atoms with Crippen molar-refractivity contribution >= 4 is 22.9 Å². The minimum absolute atomic E-state index is 0.113. The number of rotatable bonds is 2. The number of carbonyl (C=O) groups is 1. The molecule has 1 atom stereocenters. The van der Waals surface area contributed by atoms with Crippen molar-refractivity contribution in [1.29, 1.82) is 0 Å². The lowest BCUT2D eigenvalue weighted by Gasteiger charge is -2.24. The van der Waals surface area contributed by atoms with Crippen molar-refractivity contribution in [1.82, 2.24) is 4.90 Å². The number of thiophene rings is 1. The van der Waals surface area contributed by atoms with Crippen LogP contribution in [0, 0.1) is 11.6 Å². The summed E-state index contributed by atoms with van der Waals surface area (Å²) in [6, 6.07) is 5.89. The van der Waals surface area contributed by atoms with Crippen molar-refractivity contribution in [2.45, 2.75) is 18.9 Å². The molecule has 1 fully saturated rings. The Labute approximate surface area is 125 Å². The second-order valence-corrected chi connectivity index (χ2v) is 5.98. The maximum atomic E-state index is 14.0. The number of hydrogen-bond acceptors (Lipinski definition) is 3. The van der Waals surface area contributed by atoms with E-state index >= 15 is 0 Å². The van der Waals surface area contributed by atoms with Crippen molar-refractivity contribution < 1.29 is 13.6 Å². The average Bonchev–Trinajstić information content (AvgIpc) is 3.12. The summed E-state index contributed by atoms with van der Waals surface area (Å²) in [6.07, 6.45) is 1.62. The van der Waals surface area contributed by atoms with Crippen LogP contribution in [-0.4, -0.2) is 17.4 Å². The van der Waals surface area contributed by atoms with Gasteiger partial charge in [-0.3, -0.25) is 4.79 Å². The molecule has 1 aliphatic heterocycles. The van der Waals surface area contributed by atoms with E-state index in [4.69, 9.17) is 5.73 Å². The number of halogens is 2. The summed E-state index contributed by atoms with van der Waals surface area (Å²) in [4.78, 5) is 15.1. The molecule has 0 radical (unpaired) electrons. The van der Waals surface area contributed by atoms with Gasteiger partial charge in [-0.1, -0.05) is 6.07 Å². The fraction of sp³-hybridized carbons (Fsp3) is 0.267. The van der Waals surface area contributed by atoms with Crippen LogP contribution in [0.2, 0.25) is 0 Å². The second-order valence-electron chi connectivity index (χ2n) is 5.00. The molecule has 1 aromatic heterocycles. The van der Waals surface area contributed by atoms with Crippen LogP contribution >= 0.6 is 11.3 Å². The van der Waals surface area contributed by atoms with E-state index in [1.165, 1.54) is 4.90 Å². The maximum absolute atomic E-state index is 14.0. The second kappa shape index (κ2) is 5.44. The molecule has 0 bridgehead atoms. The molecule has 0 spiro atoms. The Hall–Kier alpha value is -1.95. The predicted octanol–water partition coefficient (Wildman–Crippen LogP) is 3.59. The SMILES string of the molecule is Nc1ccc(F)c(C(=O)N2CCCC2c2cccs2)c1F. The van der Waals surface area contributed by atoms with Gasteiger partial charge in [0, 0.05) is 11.4 Å². The number of nitrogens with zero attached hydrogens (tertiary/aromatic N) is 1. The molecule has 1 unspecified atom stereocenters. The average molecular weight is 308 g/mol. The smallest absolute Gasteiger partial charge is 0.260 e. The monoisotopic (exact) mass is 308 g/mol. The number of nitrogen functional groups attached to an aromatic ring is 1. The zero-order valence-corrected chi connectivity index (χ0v) is 12.0. The molecule has 3 rings (SSSR count). The van der Waals surface area contributed by atoms with Crippen molar-refractivity contribution in [3.63, 3.8) is 0 Å². The maximum Gasteiger partial charge on any atom is 0.260 e. The Morgan fingerprint density at radius 1 is 1.33 bits per heavy atom. The Morgan fingerprint density at radius 3 is 2.86 bits per heavy atom. The van der Waals surface area contributed by atoms with Gasteiger partial charge in [0.1, 0.15) is 11.4 Å². The lowest BCUT2D eigenvalue weighted by atomic mass is 10.1. The quantitative estimate of drug-likeness (QED) is 0.862. The van der Waals surface area contributed by atoms with Crippen LogP contribution in [0.4, 0.5) is 14.5 Å². The van der Waals surface area contributed by atoms with Crippen molar-refractivity contribution in [3.05, 3.63) is 51.7 Å². The van der Waals surface area contributed by atoms with Crippen molar-refractivity contribution in [2.75, 3.05) is 12.3 Å². The van der Waals surface area contributed by atoms with E-state index in [0.717, 1.165) is 29.9 Å². The first-order valence-corrected chi connectivity index (χ1v) is 7.55. The fourth-order valence-corrected chi connectivity index (χ4v) is 3.57. The zero-order valence-electron chi connectivity index (χ0n) is 11.2. The third-order valence-corrected chi connectivity index (χ3v) is 4.69. The first-order chi connectivity index (χ1) is 10.1. The Morgan fingerprint density at radius 2 is 2.14 bits per heavy atom. The van der Waals surface area contributed by atoms with E-state index in [-0.39, 0.29) is 11.7 Å². The zero-order chi connectivity index (χ0) is 15.0. The first-order valence-electron chi connectivity index (χ1n) is 6.67. The summed E-state index contributed by atoms with van der Waals surface area (Å²) < 4.78 is 27.9. The van der Waals surface area contributed by atoms with Crippen molar-refractivity contribution in [3.8, 4) is 0 Å². The highest BCUT2D eigenvalue weighted by Gasteiger charge is 2.34. The number of carbonyl (C=O) groups excluding carboxylic acids is 1. The summed E-state index contributed by atoms with van der Waals surface area (Å²) in [6.45, 7) is 0.495. The van der Waals surface area contributed by atoms with E-state index in [0.29, 0.717) is 6.54 Å². The number of hydrogen-bond donors (Lipinski definition) is 1. The van der Waals surface area contributed by atoms with Crippen LogP contribution in [0.1, 0.15) is 34.1 Å². The summed E-state index contributed by atoms with van der Waals surface area (Å²) in [5, 5.41) is 1.93. The molecule has 1 saturated heterocycles. The number of anilines is 1. The standard InChI is InChI=1S/C15H14F2N2OS/c16-9-5-6-10(18)14(17)13(9)15(20)19-7-1-3-11(19)12-4-2-8-21-12/h2,4-6,8,11H,1,3,7,18H2. The minimum atomic E-state index is -0.975. The van der Waals surface area contributed by atoms with E-state index in [1.807, 2.05) is 17.5 Å². The summed E-state index contributed by atoms with van der Waals surface area (Å²) in [5.74, 6) is -2.48.